The number of anilines is 1. The summed E-state index contributed by atoms with van der Waals surface area (Å²) in [5, 5.41) is 8.81. The van der Waals surface area contributed by atoms with Crippen LogP contribution in [0.4, 0.5) is 5.82 Å². The van der Waals surface area contributed by atoms with Crippen molar-refractivity contribution in [3.05, 3.63) is 23.4 Å². The van der Waals surface area contributed by atoms with Gasteiger partial charge in [0, 0.05) is 6.20 Å². The Morgan fingerprint density at radius 1 is 1.62 bits per heavy atom. The molecule has 2 aromatic rings. The molecule has 0 aliphatic rings. The predicted octanol–water partition coefficient (Wildman–Crippen LogP) is 1.33. The summed E-state index contributed by atoms with van der Waals surface area (Å²) in [6.45, 7) is 1.95. The smallest absolute Gasteiger partial charge is 0.121 e. The Bertz CT molecular complexity index is 504. The second kappa shape index (κ2) is 2.49. The first kappa shape index (κ1) is 7.62. The van der Waals surface area contributed by atoms with Crippen LogP contribution < -0.4 is 5.73 Å². The summed E-state index contributed by atoms with van der Waals surface area (Å²) in [5.41, 5.74) is 8.58. The standard InChI is InChI=1S/C9H8N4/c1-5-2-3-12-8-6(4-10)9(11)13-7(5)8/h2-3,13H,11H2,1H3. The van der Waals surface area contributed by atoms with E-state index in [1.165, 1.54) is 0 Å². The predicted molar refractivity (Wildman–Crippen MR) is 50.0 cm³/mol. The molecular weight excluding hydrogens is 164 g/mol. The van der Waals surface area contributed by atoms with Gasteiger partial charge in [0.05, 0.1) is 5.52 Å². The van der Waals surface area contributed by atoms with Gasteiger partial charge in [0.15, 0.2) is 0 Å². The maximum atomic E-state index is 8.81. The monoisotopic (exact) mass is 172 g/mol. The summed E-state index contributed by atoms with van der Waals surface area (Å²) >= 11 is 0. The maximum Gasteiger partial charge on any atom is 0.121 e. The second-order valence-corrected chi connectivity index (χ2v) is 2.88. The third-order valence-corrected chi connectivity index (χ3v) is 2.04. The largest absolute Gasteiger partial charge is 0.384 e. The Hall–Kier alpha value is -2.02. The molecule has 4 nitrogen and oxygen atoms in total. The zero-order valence-corrected chi connectivity index (χ0v) is 7.13. The van der Waals surface area contributed by atoms with Crippen LogP contribution >= 0.6 is 0 Å². The molecule has 2 aromatic heterocycles. The first-order chi connectivity index (χ1) is 6.24. The van der Waals surface area contributed by atoms with E-state index in [0.29, 0.717) is 16.9 Å². The summed E-state index contributed by atoms with van der Waals surface area (Å²) in [5.74, 6) is 0.388. The minimum absolute atomic E-state index is 0.388. The molecule has 0 fully saturated rings. The zero-order valence-electron chi connectivity index (χ0n) is 7.13. The van der Waals surface area contributed by atoms with Crippen molar-refractivity contribution in [2.75, 3.05) is 5.73 Å². The van der Waals surface area contributed by atoms with Crippen molar-refractivity contribution in [2.45, 2.75) is 6.92 Å². The Balaban J connectivity index is 2.96. The summed E-state index contributed by atoms with van der Waals surface area (Å²) in [4.78, 5) is 7.04. The third-order valence-electron chi connectivity index (χ3n) is 2.04. The third kappa shape index (κ3) is 0.942. The lowest BCUT2D eigenvalue weighted by Gasteiger charge is -1.92. The van der Waals surface area contributed by atoms with Gasteiger partial charge in [0.2, 0.25) is 0 Å². The van der Waals surface area contributed by atoms with Crippen molar-refractivity contribution in [1.29, 1.82) is 5.26 Å². The Kier molecular flexibility index (Phi) is 1.46. The maximum absolute atomic E-state index is 8.81. The minimum Gasteiger partial charge on any atom is -0.384 e. The van der Waals surface area contributed by atoms with Crippen molar-refractivity contribution in [3.8, 4) is 6.07 Å². The lowest BCUT2D eigenvalue weighted by atomic mass is 10.2. The molecular formula is C9H8N4. The van der Waals surface area contributed by atoms with E-state index in [0.717, 1.165) is 11.1 Å². The van der Waals surface area contributed by atoms with Gasteiger partial charge in [0.1, 0.15) is 23.0 Å². The van der Waals surface area contributed by atoms with Crippen LogP contribution in [0.15, 0.2) is 12.3 Å². The molecule has 0 atom stereocenters. The van der Waals surface area contributed by atoms with Gasteiger partial charge in [-0.05, 0) is 18.6 Å². The normalized spacial score (nSPS) is 10.2. The molecule has 2 rings (SSSR count). The quantitative estimate of drug-likeness (QED) is 0.629. The number of nitrogens with zero attached hydrogens (tertiary/aromatic N) is 2. The van der Waals surface area contributed by atoms with Gasteiger partial charge in [0.25, 0.3) is 0 Å². The van der Waals surface area contributed by atoms with Crippen LogP contribution in [0.25, 0.3) is 11.0 Å². The summed E-state index contributed by atoms with van der Waals surface area (Å²) in [7, 11) is 0. The van der Waals surface area contributed by atoms with Crippen LogP contribution in [0.3, 0.4) is 0 Å². The SMILES string of the molecule is Cc1ccnc2c(C#N)c(N)[nH]c12. The van der Waals surface area contributed by atoms with E-state index in [-0.39, 0.29) is 0 Å². The van der Waals surface area contributed by atoms with Crippen molar-refractivity contribution in [1.82, 2.24) is 9.97 Å². The molecule has 2 heterocycles. The molecule has 0 saturated carbocycles. The minimum atomic E-state index is 0.388. The number of nitrogens with one attached hydrogen (secondary N) is 1. The number of nitrogens with two attached hydrogens (primary N) is 1. The van der Waals surface area contributed by atoms with Gasteiger partial charge < -0.3 is 10.7 Å². The van der Waals surface area contributed by atoms with Crippen LogP contribution in [0.1, 0.15) is 11.1 Å². The number of hydrogen-bond acceptors (Lipinski definition) is 3. The highest BCUT2D eigenvalue weighted by Gasteiger charge is 2.10. The number of nitrogen functional groups attached to an aromatic ring is 1. The van der Waals surface area contributed by atoms with E-state index in [1.807, 2.05) is 19.1 Å². The highest BCUT2D eigenvalue weighted by molar-refractivity contribution is 5.89. The number of aromatic nitrogens is 2. The molecule has 13 heavy (non-hydrogen) atoms. The van der Waals surface area contributed by atoms with E-state index < -0.39 is 0 Å². The zero-order chi connectivity index (χ0) is 9.42. The molecule has 4 heteroatoms. The Labute approximate surface area is 75.0 Å². The van der Waals surface area contributed by atoms with Crippen molar-refractivity contribution < 1.29 is 0 Å². The van der Waals surface area contributed by atoms with E-state index in [9.17, 15) is 0 Å². The van der Waals surface area contributed by atoms with Gasteiger partial charge in [-0.3, -0.25) is 4.98 Å². The lowest BCUT2D eigenvalue weighted by Crippen LogP contribution is -1.86. The van der Waals surface area contributed by atoms with Crippen LogP contribution in [-0.2, 0) is 0 Å². The lowest BCUT2D eigenvalue weighted by molar-refractivity contribution is 1.35. The van der Waals surface area contributed by atoms with Gasteiger partial charge >= 0.3 is 0 Å². The van der Waals surface area contributed by atoms with Crippen LogP contribution in [-0.4, -0.2) is 9.97 Å². The Morgan fingerprint density at radius 2 is 2.38 bits per heavy atom. The highest BCUT2D eigenvalue weighted by atomic mass is 14.9. The molecule has 0 radical (unpaired) electrons. The summed E-state index contributed by atoms with van der Waals surface area (Å²) < 4.78 is 0. The number of aromatic amines is 1. The van der Waals surface area contributed by atoms with Crippen LogP contribution in [0, 0.1) is 18.3 Å². The van der Waals surface area contributed by atoms with E-state index >= 15 is 0 Å². The molecule has 0 aliphatic heterocycles. The molecule has 64 valence electrons. The fraction of sp³-hybridized carbons (Fsp3) is 0.111. The highest BCUT2D eigenvalue weighted by Crippen LogP contribution is 2.23. The van der Waals surface area contributed by atoms with Crippen molar-refractivity contribution in [2.24, 2.45) is 0 Å². The summed E-state index contributed by atoms with van der Waals surface area (Å²) in [6.07, 6.45) is 1.67. The van der Waals surface area contributed by atoms with Gasteiger partial charge in [-0.1, -0.05) is 0 Å². The van der Waals surface area contributed by atoms with Crippen molar-refractivity contribution >= 4 is 16.9 Å². The fourth-order valence-corrected chi connectivity index (χ4v) is 1.34. The number of aryl methyl sites for hydroxylation is 1. The first-order valence-electron chi connectivity index (χ1n) is 3.87. The van der Waals surface area contributed by atoms with E-state index in [1.54, 1.807) is 6.20 Å². The molecule has 0 bridgehead atoms. The Morgan fingerprint density at radius 3 is 3.08 bits per heavy atom. The molecule has 0 saturated heterocycles. The number of pyridine rings is 1. The first-order valence-corrected chi connectivity index (χ1v) is 3.87. The number of H-pyrrole nitrogens is 1. The van der Waals surface area contributed by atoms with E-state index in [2.05, 4.69) is 9.97 Å². The number of fused-ring (bicyclic) bond motifs is 1. The number of hydrogen-bond donors (Lipinski definition) is 2. The average molecular weight is 172 g/mol. The van der Waals surface area contributed by atoms with Gasteiger partial charge in [-0.25, -0.2) is 0 Å². The van der Waals surface area contributed by atoms with Gasteiger partial charge in [-0.15, -0.1) is 0 Å². The van der Waals surface area contributed by atoms with Crippen molar-refractivity contribution in [3.63, 3.8) is 0 Å². The molecule has 3 N–H and O–H groups in total. The van der Waals surface area contributed by atoms with Crippen LogP contribution in [0.5, 0.6) is 0 Å². The molecule has 0 aliphatic carbocycles. The second-order valence-electron chi connectivity index (χ2n) is 2.88. The topological polar surface area (TPSA) is 78.5 Å². The fourth-order valence-electron chi connectivity index (χ4n) is 1.34. The molecule has 0 unspecified atom stereocenters. The van der Waals surface area contributed by atoms with Crippen LogP contribution in [0.2, 0.25) is 0 Å². The van der Waals surface area contributed by atoms with Gasteiger partial charge in [-0.2, -0.15) is 5.26 Å². The number of nitriles is 1. The van der Waals surface area contributed by atoms with E-state index in [4.69, 9.17) is 11.0 Å². The molecule has 0 spiro atoms. The molecule has 0 amide bonds. The summed E-state index contributed by atoms with van der Waals surface area (Å²) in [6, 6.07) is 3.90. The number of rotatable bonds is 0. The average Bonchev–Trinajstić information content (AvgIpc) is 2.43. The molecule has 0 aromatic carbocycles.